The van der Waals surface area contributed by atoms with E-state index in [4.69, 9.17) is 9.84 Å². The predicted octanol–water partition coefficient (Wildman–Crippen LogP) is 1.87. The number of aromatic nitrogens is 2. The SMILES string of the molecule is COc1ncnc(N2CCC(CCC(=O)O)CC2)c1C. The summed E-state index contributed by atoms with van der Waals surface area (Å²) in [5.41, 5.74) is 0.957. The second kappa shape index (κ2) is 6.54. The summed E-state index contributed by atoms with van der Waals surface area (Å²) in [7, 11) is 1.61. The molecule has 6 heteroatoms. The summed E-state index contributed by atoms with van der Waals surface area (Å²) in [6, 6.07) is 0. The maximum absolute atomic E-state index is 10.6. The van der Waals surface area contributed by atoms with E-state index in [1.54, 1.807) is 7.11 Å². The fourth-order valence-electron chi connectivity index (χ4n) is 2.71. The van der Waals surface area contributed by atoms with Crippen LogP contribution in [0, 0.1) is 12.8 Å². The van der Waals surface area contributed by atoms with Gasteiger partial charge >= 0.3 is 5.97 Å². The van der Waals surface area contributed by atoms with Crippen molar-refractivity contribution in [1.82, 2.24) is 9.97 Å². The zero-order chi connectivity index (χ0) is 14.5. The molecule has 0 radical (unpaired) electrons. The maximum atomic E-state index is 10.6. The average molecular weight is 279 g/mol. The quantitative estimate of drug-likeness (QED) is 0.887. The highest BCUT2D eigenvalue weighted by molar-refractivity contribution is 5.66. The van der Waals surface area contributed by atoms with Gasteiger partial charge in [0.1, 0.15) is 12.1 Å². The first-order valence-electron chi connectivity index (χ1n) is 6.94. The molecule has 6 nitrogen and oxygen atoms in total. The monoisotopic (exact) mass is 279 g/mol. The summed E-state index contributed by atoms with van der Waals surface area (Å²) in [6.45, 7) is 3.78. The topological polar surface area (TPSA) is 75.6 Å². The zero-order valence-electron chi connectivity index (χ0n) is 12.0. The third kappa shape index (κ3) is 3.37. The highest BCUT2D eigenvalue weighted by atomic mass is 16.5. The normalized spacial score (nSPS) is 16.2. The molecule has 2 heterocycles. The number of carbonyl (C=O) groups is 1. The van der Waals surface area contributed by atoms with E-state index in [0.717, 1.165) is 43.7 Å². The van der Waals surface area contributed by atoms with Crippen LogP contribution in [0.1, 0.15) is 31.2 Å². The first-order chi connectivity index (χ1) is 9.61. The predicted molar refractivity (Wildman–Crippen MR) is 75.1 cm³/mol. The van der Waals surface area contributed by atoms with Crippen LogP contribution in [0.15, 0.2) is 6.33 Å². The summed E-state index contributed by atoms with van der Waals surface area (Å²) in [6.07, 6.45) is 4.59. The van der Waals surface area contributed by atoms with Crippen LogP contribution in [0.5, 0.6) is 5.88 Å². The molecule has 0 amide bonds. The molecule has 2 rings (SSSR count). The van der Waals surface area contributed by atoms with Gasteiger partial charge in [0.05, 0.1) is 12.7 Å². The standard InChI is InChI=1S/C14H21N3O3/c1-10-13(15-9-16-14(10)20-2)17-7-5-11(6-8-17)3-4-12(18)19/h9,11H,3-8H2,1-2H3,(H,18,19). The largest absolute Gasteiger partial charge is 0.481 e. The van der Waals surface area contributed by atoms with Crippen LogP contribution in [0.4, 0.5) is 5.82 Å². The second-order valence-corrected chi connectivity index (χ2v) is 5.19. The Morgan fingerprint density at radius 2 is 2.15 bits per heavy atom. The van der Waals surface area contributed by atoms with Crippen molar-refractivity contribution >= 4 is 11.8 Å². The molecule has 110 valence electrons. The first kappa shape index (κ1) is 14.6. The molecule has 1 aromatic rings. The molecule has 0 spiro atoms. The molecular weight excluding hydrogens is 258 g/mol. The summed E-state index contributed by atoms with van der Waals surface area (Å²) in [5, 5.41) is 8.73. The Hall–Kier alpha value is -1.85. The van der Waals surface area contributed by atoms with E-state index in [0.29, 0.717) is 11.8 Å². The van der Waals surface area contributed by atoms with Crippen molar-refractivity contribution in [2.75, 3.05) is 25.1 Å². The van der Waals surface area contributed by atoms with E-state index in [1.807, 2.05) is 6.92 Å². The molecular formula is C14H21N3O3. The summed E-state index contributed by atoms with van der Waals surface area (Å²) < 4.78 is 5.22. The lowest BCUT2D eigenvalue weighted by atomic mass is 9.92. The van der Waals surface area contributed by atoms with Crippen molar-refractivity contribution in [2.45, 2.75) is 32.6 Å². The van der Waals surface area contributed by atoms with Gasteiger partial charge in [-0.2, -0.15) is 0 Å². The number of hydrogen-bond acceptors (Lipinski definition) is 5. The van der Waals surface area contributed by atoms with Gasteiger partial charge in [0.15, 0.2) is 0 Å². The Morgan fingerprint density at radius 3 is 2.75 bits per heavy atom. The van der Waals surface area contributed by atoms with E-state index >= 15 is 0 Å². The van der Waals surface area contributed by atoms with Crippen molar-refractivity contribution in [3.63, 3.8) is 0 Å². The molecule has 20 heavy (non-hydrogen) atoms. The number of methoxy groups -OCH3 is 1. The zero-order valence-corrected chi connectivity index (χ0v) is 12.0. The van der Waals surface area contributed by atoms with Crippen molar-refractivity contribution < 1.29 is 14.6 Å². The lowest BCUT2D eigenvalue weighted by Crippen LogP contribution is -2.35. The van der Waals surface area contributed by atoms with Crippen LogP contribution >= 0.6 is 0 Å². The van der Waals surface area contributed by atoms with E-state index in [2.05, 4.69) is 14.9 Å². The van der Waals surface area contributed by atoms with E-state index in [-0.39, 0.29) is 6.42 Å². The van der Waals surface area contributed by atoms with Gasteiger partial charge in [-0.3, -0.25) is 4.79 Å². The van der Waals surface area contributed by atoms with Gasteiger partial charge < -0.3 is 14.7 Å². The molecule has 0 aliphatic carbocycles. The number of carboxylic acid groups (broad SMARTS) is 1. The number of piperidine rings is 1. The van der Waals surface area contributed by atoms with Gasteiger partial charge in [-0.1, -0.05) is 0 Å². The van der Waals surface area contributed by atoms with Gasteiger partial charge in [0.25, 0.3) is 0 Å². The van der Waals surface area contributed by atoms with Gasteiger partial charge in [-0.25, -0.2) is 9.97 Å². The number of nitrogens with zero attached hydrogens (tertiary/aromatic N) is 3. The molecule has 0 atom stereocenters. The lowest BCUT2D eigenvalue weighted by molar-refractivity contribution is -0.137. The highest BCUT2D eigenvalue weighted by Gasteiger charge is 2.22. The summed E-state index contributed by atoms with van der Waals surface area (Å²) in [5.74, 6) is 1.34. The molecule has 0 aromatic carbocycles. The highest BCUT2D eigenvalue weighted by Crippen LogP contribution is 2.29. The molecule has 1 aromatic heterocycles. The smallest absolute Gasteiger partial charge is 0.303 e. The Morgan fingerprint density at radius 1 is 1.45 bits per heavy atom. The van der Waals surface area contributed by atoms with Crippen LogP contribution in [-0.2, 0) is 4.79 Å². The third-order valence-electron chi connectivity index (χ3n) is 3.89. The van der Waals surface area contributed by atoms with Crippen molar-refractivity contribution in [3.8, 4) is 5.88 Å². The van der Waals surface area contributed by atoms with Crippen molar-refractivity contribution in [1.29, 1.82) is 0 Å². The first-order valence-corrected chi connectivity index (χ1v) is 6.94. The Labute approximate surface area is 118 Å². The molecule has 1 fully saturated rings. The molecule has 1 saturated heterocycles. The molecule has 0 bridgehead atoms. The number of carboxylic acids is 1. The average Bonchev–Trinajstić information content (AvgIpc) is 2.46. The number of rotatable bonds is 5. The fraction of sp³-hybridized carbons (Fsp3) is 0.643. The minimum atomic E-state index is -0.705. The van der Waals surface area contributed by atoms with Crippen LogP contribution < -0.4 is 9.64 Å². The van der Waals surface area contributed by atoms with Crippen LogP contribution in [0.25, 0.3) is 0 Å². The summed E-state index contributed by atoms with van der Waals surface area (Å²) >= 11 is 0. The molecule has 0 unspecified atom stereocenters. The second-order valence-electron chi connectivity index (χ2n) is 5.19. The van der Waals surface area contributed by atoms with E-state index in [1.165, 1.54) is 6.33 Å². The lowest BCUT2D eigenvalue weighted by Gasteiger charge is -2.33. The third-order valence-corrected chi connectivity index (χ3v) is 3.89. The Balaban J connectivity index is 1.95. The van der Waals surface area contributed by atoms with Gasteiger partial charge in [0, 0.05) is 19.5 Å². The Bertz CT molecular complexity index is 471. The number of aliphatic carboxylic acids is 1. The van der Waals surface area contributed by atoms with E-state index in [9.17, 15) is 4.79 Å². The molecule has 0 saturated carbocycles. The van der Waals surface area contributed by atoms with Gasteiger partial charge in [0.2, 0.25) is 5.88 Å². The van der Waals surface area contributed by atoms with Gasteiger partial charge in [-0.15, -0.1) is 0 Å². The molecule has 1 aliphatic heterocycles. The van der Waals surface area contributed by atoms with Crippen molar-refractivity contribution in [3.05, 3.63) is 11.9 Å². The number of anilines is 1. The van der Waals surface area contributed by atoms with Crippen LogP contribution in [-0.4, -0.2) is 41.2 Å². The summed E-state index contributed by atoms with van der Waals surface area (Å²) in [4.78, 5) is 21.3. The van der Waals surface area contributed by atoms with Crippen LogP contribution in [0.2, 0.25) is 0 Å². The van der Waals surface area contributed by atoms with Crippen LogP contribution in [0.3, 0.4) is 0 Å². The van der Waals surface area contributed by atoms with Gasteiger partial charge in [-0.05, 0) is 32.1 Å². The van der Waals surface area contributed by atoms with E-state index < -0.39 is 5.97 Å². The number of ether oxygens (including phenoxy) is 1. The minimum absolute atomic E-state index is 0.269. The van der Waals surface area contributed by atoms with Crippen molar-refractivity contribution in [2.24, 2.45) is 5.92 Å². The Kier molecular flexibility index (Phi) is 4.76. The maximum Gasteiger partial charge on any atom is 0.303 e. The number of hydrogen-bond donors (Lipinski definition) is 1. The molecule has 1 aliphatic rings. The molecule has 1 N–H and O–H groups in total. The minimum Gasteiger partial charge on any atom is -0.481 e. The fourth-order valence-corrected chi connectivity index (χ4v) is 2.71.